The third-order valence-electron chi connectivity index (χ3n) is 2.50. The molecule has 90 valence electrons. The zero-order valence-corrected chi connectivity index (χ0v) is 9.34. The van der Waals surface area contributed by atoms with Crippen LogP contribution in [0.4, 0.5) is 0 Å². The molecule has 1 aliphatic rings. The van der Waals surface area contributed by atoms with Gasteiger partial charge in [0.15, 0.2) is 0 Å². The quantitative estimate of drug-likeness (QED) is 0.730. The molecule has 0 bridgehead atoms. The molecule has 0 aromatic heterocycles. The molecule has 0 N–H and O–H groups in total. The molecule has 0 spiro atoms. The number of carbonyl (C=O) groups excluding carboxylic acids is 2. The standard InChI is InChI=1S/C12H12O5/c1-15-10-4-2-8(3-5-10)11(13)16-6-9-7-17-12(9)14/h2-5,9H,6-7H2,1H3. The van der Waals surface area contributed by atoms with Crippen LogP contribution in [0.15, 0.2) is 24.3 Å². The lowest BCUT2D eigenvalue weighted by Gasteiger charge is -2.23. The maximum absolute atomic E-state index is 11.6. The molecule has 1 aromatic rings. The van der Waals surface area contributed by atoms with Crippen molar-refractivity contribution < 1.29 is 23.8 Å². The number of methoxy groups -OCH3 is 1. The normalized spacial score (nSPS) is 17.9. The van der Waals surface area contributed by atoms with E-state index in [-0.39, 0.29) is 18.5 Å². The second-order valence-corrected chi connectivity index (χ2v) is 3.65. The Bertz CT molecular complexity index is 423. The first-order chi connectivity index (χ1) is 8.20. The second kappa shape index (κ2) is 4.86. The van der Waals surface area contributed by atoms with Crippen molar-refractivity contribution in [1.29, 1.82) is 0 Å². The van der Waals surface area contributed by atoms with Crippen LogP contribution in [-0.4, -0.2) is 32.3 Å². The predicted molar refractivity (Wildman–Crippen MR) is 57.7 cm³/mol. The first kappa shape index (κ1) is 11.4. The fraction of sp³-hybridized carbons (Fsp3) is 0.333. The molecule has 1 aromatic carbocycles. The fourth-order valence-electron chi connectivity index (χ4n) is 1.37. The average Bonchev–Trinajstić information content (AvgIpc) is 2.37. The molecule has 0 amide bonds. The molecule has 1 unspecified atom stereocenters. The highest BCUT2D eigenvalue weighted by atomic mass is 16.6. The van der Waals surface area contributed by atoms with Gasteiger partial charge in [0.25, 0.3) is 0 Å². The van der Waals surface area contributed by atoms with Crippen LogP contribution < -0.4 is 4.74 Å². The molecular formula is C12H12O5. The maximum atomic E-state index is 11.6. The summed E-state index contributed by atoms with van der Waals surface area (Å²) in [7, 11) is 1.55. The minimum absolute atomic E-state index is 0.0731. The monoisotopic (exact) mass is 236 g/mol. The molecule has 1 aliphatic heterocycles. The maximum Gasteiger partial charge on any atom is 0.338 e. The van der Waals surface area contributed by atoms with E-state index in [1.807, 2.05) is 0 Å². The van der Waals surface area contributed by atoms with Crippen LogP contribution in [0.25, 0.3) is 0 Å². The Kier molecular flexibility index (Phi) is 3.27. The molecule has 1 heterocycles. The minimum Gasteiger partial charge on any atom is -0.497 e. The van der Waals surface area contributed by atoms with Crippen molar-refractivity contribution in [2.45, 2.75) is 0 Å². The van der Waals surface area contributed by atoms with Gasteiger partial charge in [-0.15, -0.1) is 0 Å². The first-order valence-corrected chi connectivity index (χ1v) is 5.18. The van der Waals surface area contributed by atoms with Crippen LogP contribution in [0, 0.1) is 5.92 Å². The van der Waals surface area contributed by atoms with E-state index in [1.54, 1.807) is 31.4 Å². The number of benzene rings is 1. The Labute approximate surface area is 98.3 Å². The average molecular weight is 236 g/mol. The summed E-state index contributed by atoms with van der Waals surface area (Å²) in [5, 5.41) is 0. The summed E-state index contributed by atoms with van der Waals surface area (Å²) in [6.45, 7) is 0.401. The molecule has 0 aliphatic carbocycles. The van der Waals surface area contributed by atoms with Crippen LogP contribution in [0.5, 0.6) is 5.75 Å². The van der Waals surface area contributed by atoms with Gasteiger partial charge in [-0.2, -0.15) is 0 Å². The van der Waals surface area contributed by atoms with E-state index < -0.39 is 5.97 Å². The highest BCUT2D eigenvalue weighted by Gasteiger charge is 2.32. The molecule has 2 rings (SSSR count). The van der Waals surface area contributed by atoms with Crippen molar-refractivity contribution >= 4 is 11.9 Å². The highest BCUT2D eigenvalue weighted by Crippen LogP contribution is 2.15. The zero-order valence-electron chi connectivity index (χ0n) is 9.34. The van der Waals surface area contributed by atoms with Gasteiger partial charge < -0.3 is 14.2 Å². The van der Waals surface area contributed by atoms with Gasteiger partial charge in [0.1, 0.15) is 24.9 Å². The molecule has 0 saturated carbocycles. The van der Waals surface area contributed by atoms with E-state index in [9.17, 15) is 9.59 Å². The van der Waals surface area contributed by atoms with Gasteiger partial charge in [0, 0.05) is 0 Å². The summed E-state index contributed by atoms with van der Waals surface area (Å²) >= 11 is 0. The Morgan fingerprint density at radius 1 is 1.41 bits per heavy atom. The van der Waals surface area contributed by atoms with Gasteiger partial charge in [-0.3, -0.25) is 4.79 Å². The summed E-state index contributed by atoms with van der Waals surface area (Å²) in [6, 6.07) is 6.57. The first-order valence-electron chi connectivity index (χ1n) is 5.18. The van der Waals surface area contributed by atoms with Crippen molar-refractivity contribution in [2.75, 3.05) is 20.3 Å². The number of hydrogen-bond acceptors (Lipinski definition) is 5. The third-order valence-corrected chi connectivity index (χ3v) is 2.50. The number of cyclic esters (lactones) is 1. The lowest BCUT2D eigenvalue weighted by molar-refractivity contribution is -0.171. The third kappa shape index (κ3) is 2.55. The Morgan fingerprint density at radius 2 is 2.12 bits per heavy atom. The Balaban J connectivity index is 1.88. The van der Waals surface area contributed by atoms with Crippen LogP contribution in [-0.2, 0) is 14.3 Å². The summed E-state index contributed by atoms with van der Waals surface area (Å²) < 4.78 is 14.5. The Morgan fingerprint density at radius 3 is 2.59 bits per heavy atom. The zero-order chi connectivity index (χ0) is 12.3. The molecule has 5 heteroatoms. The molecule has 0 radical (unpaired) electrons. The van der Waals surface area contributed by atoms with Gasteiger partial charge in [-0.1, -0.05) is 0 Å². The smallest absolute Gasteiger partial charge is 0.338 e. The van der Waals surface area contributed by atoms with Crippen molar-refractivity contribution in [3.05, 3.63) is 29.8 Å². The largest absolute Gasteiger partial charge is 0.497 e. The van der Waals surface area contributed by atoms with E-state index >= 15 is 0 Å². The molecule has 1 atom stereocenters. The minimum atomic E-state index is -0.452. The number of carbonyl (C=O) groups is 2. The molecule has 5 nitrogen and oxygen atoms in total. The Hall–Kier alpha value is -2.04. The van der Waals surface area contributed by atoms with Crippen LogP contribution in [0.2, 0.25) is 0 Å². The summed E-state index contributed by atoms with van der Waals surface area (Å²) in [4.78, 5) is 22.4. The van der Waals surface area contributed by atoms with Crippen molar-refractivity contribution in [3.8, 4) is 5.75 Å². The van der Waals surface area contributed by atoms with Crippen LogP contribution in [0.1, 0.15) is 10.4 Å². The number of rotatable bonds is 4. The van der Waals surface area contributed by atoms with Gasteiger partial charge in [-0.05, 0) is 24.3 Å². The molecular weight excluding hydrogens is 224 g/mol. The van der Waals surface area contributed by atoms with Crippen molar-refractivity contribution in [1.82, 2.24) is 0 Å². The van der Waals surface area contributed by atoms with Gasteiger partial charge in [0.05, 0.1) is 12.7 Å². The van der Waals surface area contributed by atoms with E-state index in [1.165, 1.54) is 0 Å². The fourth-order valence-corrected chi connectivity index (χ4v) is 1.37. The molecule has 1 saturated heterocycles. The van der Waals surface area contributed by atoms with Crippen molar-refractivity contribution in [2.24, 2.45) is 5.92 Å². The summed E-state index contributed by atoms with van der Waals surface area (Å²) in [5.41, 5.74) is 0.429. The van der Waals surface area contributed by atoms with E-state index in [0.29, 0.717) is 17.9 Å². The van der Waals surface area contributed by atoms with Crippen LogP contribution >= 0.6 is 0 Å². The SMILES string of the molecule is COc1ccc(C(=O)OCC2COC2=O)cc1. The van der Waals surface area contributed by atoms with Gasteiger partial charge in [-0.25, -0.2) is 4.79 Å². The van der Waals surface area contributed by atoms with Crippen LogP contribution in [0.3, 0.4) is 0 Å². The van der Waals surface area contributed by atoms with Crippen molar-refractivity contribution in [3.63, 3.8) is 0 Å². The number of hydrogen-bond donors (Lipinski definition) is 0. The van der Waals surface area contributed by atoms with Gasteiger partial charge >= 0.3 is 11.9 Å². The molecule has 17 heavy (non-hydrogen) atoms. The highest BCUT2D eigenvalue weighted by molar-refractivity contribution is 5.89. The lowest BCUT2D eigenvalue weighted by Crippen LogP contribution is -2.38. The van der Waals surface area contributed by atoms with E-state index in [0.717, 1.165) is 0 Å². The predicted octanol–water partition coefficient (Wildman–Crippen LogP) is 1.02. The number of ether oxygens (including phenoxy) is 3. The second-order valence-electron chi connectivity index (χ2n) is 3.65. The number of esters is 2. The summed E-state index contributed by atoms with van der Waals surface area (Å²) in [5.74, 6) is -0.402. The topological polar surface area (TPSA) is 61.8 Å². The van der Waals surface area contributed by atoms with Gasteiger partial charge in [0.2, 0.25) is 0 Å². The van der Waals surface area contributed by atoms with E-state index in [4.69, 9.17) is 9.47 Å². The molecule has 1 fully saturated rings. The lowest BCUT2D eigenvalue weighted by atomic mass is 10.1. The summed E-state index contributed by atoms with van der Waals surface area (Å²) in [6.07, 6.45) is 0. The van der Waals surface area contributed by atoms with E-state index in [2.05, 4.69) is 4.74 Å².